The van der Waals surface area contributed by atoms with Crippen molar-refractivity contribution in [3.8, 4) is 5.75 Å². The van der Waals surface area contributed by atoms with Crippen molar-refractivity contribution < 1.29 is 9.13 Å². The highest BCUT2D eigenvalue weighted by Gasteiger charge is 2.05. The zero-order valence-electron chi connectivity index (χ0n) is 10.9. The van der Waals surface area contributed by atoms with Crippen molar-refractivity contribution in [2.24, 2.45) is 0 Å². The SMILES string of the molecule is CCCNCc1cc(F)cc(OC(C)CC)c1. The van der Waals surface area contributed by atoms with Crippen molar-refractivity contribution in [3.05, 3.63) is 29.6 Å². The molecule has 17 heavy (non-hydrogen) atoms. The van der Waals surface area contributed by atoms with Crippen LogP contribution in [-0.4, -0.2) is 12.6 Å². The van der Waals surface area contributed by atoms with Gasteiger partial charge < -0.3 is 10.1 Å². The van der Waals surface area contributed by atoms with E-state index in [1.54, 1.807) is 6.07 Å². The van der Waals surface area contributed by atoms with Crippen molar-refractivity contribution in [1.82, 2.24) is 5.32 Å². The topological polar surface area (TPSA) is 21.3 Å². The van der Waals surface area contributed by atoms with Gasteiger partial charge in [-0.25, -0.2) is 4.39 Å². The van der Waals surface area contributed by atoms with Crippen LogP contribution in [0.1, 0.15) is 39.2 Å². The summed E-state index contributed by atoms with van der Waals surface area (Å²) in [5.41, 5.74) is 0.928. The zero-order valence-corrected chi connectivity index (χ0v) is 10.9. The van der Waals surface area contributed by atoms with Gasteiger partial charge in [-0.15, -0.1) is 0 Å². The van der Waals surface area contributed by atoms with Gasteiger partial charge in [0.2, 0.25) is 0 Å². The predicted octanol–water partition coefficient (Wildman–Crippen LogP) is 3.50. The highest BCUT2D eigenvalue weighted by molar-refractivity contribution is 5.29. The first-order valence-corrected chi connectivity index (χ1v) is 6.32. The van der Waals surface area contributed by atoms with E-state index in [0.717, 1.165) is 24.9 Å². The maximum Gasteiger partial charge on any atom is 0.127 e. The largest absolute Gasteiger partial charge is 0.491 e. The molecule has 0 aliphatic heterocycles. The second kappa shape index (κ2) is 7.28. The fourth-order valence-electron chi connectivity index (χ4n) is 1.52. The maximum atomic E-state index is 13.4. The fraction of sp³-hybridized carbons (Fsp3) is 0.571. The van der Waals surface area contributed by atoms with Crippen molar-refractivity contribution in [1.29, 1.82) is 0 Å². The first-order chi connectivity index (χ1) is 8.15. The van der Waals surface area contributed by atoms with Gasteiger partial charge in [-0.3, -0.25) is 0 Å². The van der Waals surface area contributed by atoms with Crippen molar-refractivity contribution in [2.45, 2.75) is 46.3 Å². The average Bonchev–Trinajstić information content (AvgIpc) is 2.28. The number of benzene rings is 1. The van der Waals surface area contributed by atoms with E-state index in [1.165, 1.54) is 6.07 Å². The number of nitrogens with one attached hydrogen (secondary N) is 1. The maximum absolute atomic E-state index is 13.4. The predicted molar refractivity (Wildman–Crippen MR) is 68.8 cm³/mol. The molecule has 0 spiro atoms. The standard InChI is InChI=1S/C14H22FNO/c1-4-6-16-10-12-7-13(15)9-14(8-12)17-11(3)5-2/h7-9,11,16H,4-6,10H2,1-3H3. The second-order valence-electron chi connectivity index (χ2n) is 4.31. The molecule has 1 rings (SSSR count). The molecular weight excluding hydrogens is 217 g/mol. The summed E-state index contributed by atoms with van der Waals surface area (Å²) in [6.45, 7) is 7.77. The first kappa shape index (κ1) is 14.0. The highest BCUT2D eigenvalue weighted by atomic mass is 19.1. The Morgan fingerprint density at radius 1 is 1.29 bits per heavy atom. The van der Waals surface area contributed by atoms with E-state index in [-0.39, 0.29) is 11.9 Å². The Kier molecular flexibility index (Phi) is 5.98. The molecule has 1 aromatic rings. The monoisotopic (exact) mass is 239 g/mol. The zero-order chi connectivity index (χ0) is 12.7. The molecular formula is C14H22FNO. The van der Waals surface area contributed by atoms with Crippen LogP contribution in [0.15, 0.2) is 18.2 Å². The highest BCUT2D eigenvalue weighted by Crippen LogP contribution is 2.18. The number of ether oxygens (including phenoxy) is 1. The van der Waals surface area contributed by atoms with Gasteiger partial charge >= 0.3 is 0 Å². The average molecular weight is 239 g/mol. The summed E-state index contributed by atoms with van der Waals surface area (Å²) in [5.74, 6) is 0.381. The van der Waals surface area contributed by atoms with Crippen LogP contribution >= 0.6 is 0 Å². The van der Waals surface area contributed by atoms with Crippen LogP contribution in [0.2, 0.25) is 0 Å². The van der Waals surface area contributed by atoms with Crippen LogP contribution in [-0.2, 0) is 6.54 Å². The number of hydrogen-bond acceptors (Lipinski definition) is 2. The third kappa shape index (κ3) is 5.18. The van der Waals surface area contributed by atoms with E-state index in [2.05, 4.69) is 12.2 Å². The Labute approximate surface area is 103 Å². The summed E-state index contributed by atoms with van der Waals surface area (Å²) < 4.78 is 19.0. The molecule has 0 radical (unpaired) electrons. The lowest BCUT2D eigenvalue weighted by atomic mass is 10.2. The van der Waals surface area contributed by atoms with Crippen LogP contribution in [0, 0.1) is 5.82 Å². The third-order valence-corrected chi connectivity index (χ3v) is 2.60. The quantitative estimate of drug-likeness (QED) is 0.735. The summed E-state index contributed by atoms with van der Waals surface area (Å²) in [4.78, 5) is 0. The van der Waals surface area contributed by atoms with Crippen LogP contribution in [0.3, 0.4) is 0 Å². The van der Waals surface area contributed by atoms with Crippen molar-refractivity contribution in [3.63, 3.8) is 0 Å². The van der Waals surface area contributed by atoms with Gasteiger partial charge in [-0.1, -0.05) is 13.8 Å². The Bertz CT molecular complexity index is 341. The van der Waals surface area contributed by atoms with Crippen LogP contribution < -0.4 is 10.1 Å². The Hall–Kier alpha value is -1.09. The molecule has 0 saturated carbocycles. The Balaban J connectivity index is 2.65. The van der Waals surface area contributed by atoms with Crippen molar-refractivity contribution >= 4 is 0 Å². The van der Waals surface area contributed by atoms with Gasteiger partial charge in [0.15, 0.2) is 0 Å². The van der Waals surface area contributed by atoms with E-state index in [1.807, 2.05) is 19.9 Å². The van der Waals surface area contributed by atoms with Crippen LogP contribution in [0.4, 0.5) is 4.39 Å². The summed E-state index contributed by atoms with van der Waals surface area (Å²) in [7, 11) is 0. The molecule has 0 bridgehead atoms. The Morgan fingerprint density at radius 2 is 2.06 bits per heavy atom. The summed E-state index contributed by atoms with van der Waals surface area (Å²) in [6, 6.07) is 4.89. The fourth-order valence-corrected chi connectivity index (χ4v) is 1.52. The molecule has 1 unspecified atom stereocenters. The molecule has 0 aliphatic rings. The molecule has 0 aliphatic carbocycles. The minimum atomic E-state index is -0.237. The second-order valence-corrected chi connectivity index (χ2v) is 4.31. The molecule has 1 aromatic carbocycles. The lowest BCUT2D eigenvalue weighted by molar-refractivity contribution is 0.216. The van der Waals surface area contributed by atoms with Gasteiger partial charge in [0.1, 0.15) is 11.6 Å². The molecule has 0 amide bonds. The minimum absolute atomic E-state index is 0.119. The number of hydrogen-bond donors (Lipinski definition) is 1. The number of halogens is 1. The molecule has 0 fully saturated rings. The van der Waals surface area contributed by atoms with E-state index in [4.69, 9.17) is 4.74 Å². The number of rotatable bonds is 7. The van der Waals surface area contributed by atoms with E-state index in [9.17, 15) is 4.39 Å². The molecule has 1 atom stereocenters. The van der Waals surface area contributed by atoms with Crippen LogP contribution in [0.25, 0.3) is 0 Å². The molecule has 96 valence electrons. The van der Waals surface area contributed by atoms with E-state index >= 15 is 0 Å². The molecule has 0 heterocycles. The van der Waals surface area contributed by atoms with Gasteiger partial charge in [0, 0.05) is 12.6 Å². The van der Waals surface area contributed by atoms with Crippen LogP contribution in [0.5, 0.6) is 5.75 Å². The molecule has 0 saturated heterocycles. The summed E-state index contributed by atoms with van der Waals surface area (Å²) in [6.07, 6.45) is 2.11. The minimum Gasteiger partial charge on any atom is -0.491 e. The van der Waals surface area contributed by atoms with Gasteiger partial charge in [0.05, 0.1) is 6.10 Å². The molecule has 0 aromatic heterocycles. The van der Waals surface area contributed by atoms with Gasteiger partial charge in [0.25, 0.3) is 0 Å². The lowest BCUT2D eigenvalue weighted by Gasteiger charge is -2.14. The first-order valence-electron chi connectivity index (χ1n) is 6.32. The smallest absolute Gasteiger partial charge is 0.127 e. The van der Waals surface area contributed by atoms with Gasteiger partial charge in [-0.05, 0) is 44.0 Å². The van der Waals surface area contributed by atoms with E-state index < -0.39 is 0 Å². The van der Waals surface area contributed by atoms with E-state index in [0.29, 0.717) is 12.3 Å². The van der Waals surface area contributed by atoms with Gasteiger partial charge in [-0.2, -0.15) is 0 Å². The molecule has 1 N–H and O–H groups in total. The third-order valence-electron chi connectivity index (χ3n) is 2.60. The normalized spacial score (nSPS) is 12.5. The molecule has 2 nitrogen and oxygen atoms in total. The summed E-state index contributed by atoms with van der Waals surface area (Å²) in [5, 5.41) is 3.25. The molecule has 3 heteroatoms. The lowest BCUT2D eigenvalue weighted by Crippen LogP contribution is -2.14. The summed E-state index contributed by atoms with van der Waals surface area (Å²) >= 11 is 0. The van der Waals surface area contributed by atoms with Crippen molar-refractivity contribution in [2.75, 3.05) is 6.54 Å². The Morgan fingerprint density at radius 3 is 2.71 bits per heavy atom.